The Kier molecular flexibility index (Phi) is 8.18. The van der Waals surface area contributed by atoms with Crippen molar-refractivity contribution in [1.29, 1.82) is 0 Å². The molecule has 0 aliphatic rings. The maximum absolute atomic E-state index is 4.59. The summed E-state index contributed by atoms with van der Waals surface area (Å²) in [5.74, 6) is 1.99. The average Bonchev–Trinajstić information content (AvgIpc) is 3.32. The molecule has 0 saturated heterocycles. The van der Waals surface area contributed by atoms with Gasteiger partial charge in [-0.25, -0.2) is 4.98 Å². The van der Waals surface area contributed by atoms with Crippen molar-refractivity contribution in [3.63, 3.8) is 0 Å². The average molecular weight is 508 g/mol. The summed E-state index contributed by atoms with van der Waals surface area (Å²) in [6.45, 7) is 5.75. The molecule has 0 unspecified atom stereocenters. The molecule has 29 heavy (non-hydrogen) atoms. The van der Waals surface area contributed by atoms with Gasteiger partial charge in [0.05, 0.1) is 5.69 Å². The van der Waals surface area contributed by atoms with Crippen molar-refractivity contribution in [2.45, 2.75) is 32.9 Å². The zero-order valence-electron chi connectivity index (χ0n) is 17.5. The standard InChI is InChI=1S/C20H28N8.HI/c1-14(2)18-17(12-28(5)26-18)11-27(4)20(21-3)22-10-15-7-6-8-16(9-15)19-23-13-24-25-19;/h6-9,12-14H,10-11H2,1-5H3,(H,21,22)(H,23,24,25);1H. The second-order valence-corrected chi connectivity index (χ2v) is 7.16. The van der Waals surface area contributed by atoms with Crippen LogP contribution in [0.5, 0.6) is 0 Å². The molecule has 2 heterocycles. The summed E-state index contributed by atoms with van der Waals surface area (Å²) >= 11 is 0. The number of H-pyrrole nitrogens is 1. The summed E-state index contributed by atoms with van der Waals surface area (Å²) in [7, 11) is 5.80. The van der Waals surface area contributed by atoms with E-state index in [4.69, 9.17) is 0 Å². The Bertz CT molecular complexity index is 930. The van der Waals surface area contributed by atoms with Gasteiger partial charge in [0.15, 0.2) is 11.8 Å². The third-order valence-electron chi connectivity index (χ3n) is 4.53. The Morgan fingerprint density at radius 2 is 2.14 bits per heavy atom. The number of benzene rings is 1. The van der Waals surface area contributed by atoms with Crippen LogP contribution in [0.25, 0.3) is 11.4 Å². The molecule has 0 aliphatic carbocycles. The Labute approximate surface area is 188 Å². The van der Waals surface area contributed by atoms with Crippen LogP contribution in [0.1, 0.15) is 36.6 Å². The summed E-state index contributed by atoms with van der Waals surface area (Å²) < 4.78 is 1.88. The summed E-state index contributed by atoms with van der Waals surface area (Å²) in [6.07, 6.45) is 3.60. The molecule has 0 fully saturated rings. The smallest absolute Gasteiger partial charge is 0.193 e. The van der Waals surface area contributed by atoms with Gasteiger partial charge in [-0.3, -0.25) is 14.8 Å². The Morgan fingerprint density at radius 3 is 2.79 bits per heavy atom. The topological polar surface area (TPSA) is 87.0 Å². The number of guanidine groups is 1. The van der Waals surface area contributed by atoms with Gasteiger partial charge in [-0.1, -0.05) is 32.0 Å². The molecule has 0 spiro atoms. The van der Waals surface area contributed by atoms with Crippen LogP contribution in [0.15, 0.2) is 41.8 Å². The van der Waals surface area contributed by atoms with Crippen LogP contribution in [0.2, 0.25) is 0 Å². The molecule has 9 heteroatoms. The molecule has 8 nitrogen and oxygen atoms in total. The van der Waals surface area contributed by atoms with E-state index in [1.165, 1.54) is 11.9 Å². The molecule has 0 atom stereocenters. The Morgan fingerprint density at radius 1 is 1.34 bits per heavy atom. The molecular formula is C20H29IN8. The highest BCUT2D eigenvalue weighted by molar-refractivity contribution is 14.0. The number of aryl methyl sites for hydroxylation is 1. The maximum atomic E-state index is 4.59. The number of aliphatic imine (C=N–C) groups is 1. The Hall–Kier alpha value is -2.43. The van der Waals surface area contributed by atoms with Crippen molar-refractivity contribution in [2.75, 3.05) is 14.1 Å². The highest BCUT2D eigenvalue weighted by atomic mass is 127. The van der Waals surface area contributed by atoms with E-state index in [2.05, 4.69) is 67.7 Å². The molecule has 0 amide bonds. The first-order valence-electron chi connectivity index (χ1n) is 9.36. The number of nitrogens with one attached hydrogen (secondary N) is 2. The van der Waals surface area contributed by atoms with Gasteiger partial charge in [0, 0.05) is 51.6 Å². The minimum atomic E-state index is 0. The van der Waals surface area contributed by atoms with Crippen LogP contribution >= 0.6 is 24.0 Å². The molecule has 3 rings (SSSR count). The van der Waals surface area contributed by atoms with Crippen molar-refractivity contribution in [3.05, 3.63) is 53.6 Å². The van der Waals surface area contributed by atoms with Gasteiger partial charge < -0.3 is 10.2 Å². The fourth-order valence-corrected chi connectivity index (χ4v) is 3.23. The molecule has 2 N–H and O–H groups in total. The lowest BCUT2D eigenvalue weighted by Gasteiger charge is -2.22. The van der Waals surface area contributed by atoms with Crippen molar-refractivity contribution in [3.8, 4) is 11.4 Å². The highest BCUT2D eigenvalue weighted by Gasteiger charge is 2.15. The summed E-state index contributed by atoms with van der Waals surface area (Å²) in [5, 5.41) is 14.8. The first kappa shape index (κ1) is 22.9. The SMILES string of the molecule is CN=C(NCc1cccc(-c2ncn[nH]2)c1)N(C)Cc1cn(C)nc1C(C)C.I. The lowest BCUT2D eigenvalue weighted by molar-refractivity contribution is 0.473. The lowest BCUT2D eigenvalue weighted by atomic mass is 10.1. The van der Waals surface area contributed by atoms with Crippen molar-refractivity contribution in [1.82, 2.24) is 35.2 Å². The van der Waals surface area contributed by atoms with E-state index in [0.29, 0.717) is 12.5 Å². The number of aromatic nitrogens is 5. The van der Waals surface area contributed by atoms with E-state index in [1.54, 1.807) is 7.05 Å². The van der Waals surface area contributed by atoms with E-state index in [1.807, 2.05) is 30.9 Å². The third kappa shape index (κ3) is 5.78. The van der Waals surface area contributed by atoms with E-state index in [-0.39, 0.29) is 24.0 Å². The zero-order valence-corrected chi connectivity index (χ0v) is 19.9. The van der Waals surface area contributed by atoms with Crippen LogP contribution in [-0.4, -0.2) is 49.9 Å². The second-order valence-electron chi connectivity index (χ2n) is 7.16. The van der Waals surface area contributed by atoms with Gasteiger partial charge in [0.1, 0.15) is 6.33 Å². The molecule has 0 bridgehead atoms. The van der Waals surface area contributed by atoms with Crippen molar-refractivity contribution < 1.29 is 0 Å². The number of hydrogen-bond donors (Lipinski definition) is 2. The van der Waals surface area contributed by atoms with Crippen molar-refractivity contribution in [2.24, 2.45) is 12.0 Å². The molecule has 0 radical (unpaired) electrons. The predicted octanol–water partition coefficient (Wildman–Crippen LogP) is 3.15. The van der Waals surface area contributed by atoms with Crippen LogP contribution in [0, 0.1) is 0 Å². The van der Waals surface area contributed by atoms with Crippen LogP contribution < -0.4 is 5.32 Å². The van der Waals surface area contributed by atoms with Crippen LogP contribution in [-0.2, 0) is 20.1 Å². The molecule has 1 aromatic carbocycles. The molecule has 0 saturated carbocycles. The van der Waals surface area contributed by atoms with Gasteiger partial charge in [-0.15, -0.1) is 24.0 Å². The van der Waals surface area contributed by atoms with E-state index < -0.39 is 0 Å². The van der Waals surface area contributed by atoms with Crippen LogP contribution in [0.4, 0.5) is 0 Å². The first-order chi connectivity index (χ1) is 13.5. The largest absolute Gasteiger partial charge is 0.352 e. The summed E-state index contributed by atoms with van der Waals surface area (Å²) in [6, 6.07) is 8.21. The Balaban J connectivity index is 0.00000300. The van der Waals surface area contributed by atoms with Crippen LogP contribution in [0.3, 0.4) is 0 Å². The minimum absolute atomic E-state index is 0. The maximum Gasteiger partial charge on any atom is 0.193 e. The number of rotatable bonds is 6. The number of nitrogens with zero attached hydrogens (tertiary/aromatic N) is 6. The number of hydrogen-bond acceptors (Lipinski definition) is 4. The fraction of sp³-hybridized carbons (Fsp3) is 0.400. The molecular weight excluding hydrogens is 479 g/mol. The van der Waals surface area contributed by atoms with Gasteiger partial charge in [0.25, 0.3) is 0 Å². The zero-order chi connectivity index (χ0) is 20.1. The third-order valence-corrected chi connectivity index (χ3v) is 4.53. The minimum Gasteiger partial charge on any atom is -0.352 e. The first-order valence-corrected chi connectivity index (χ1v) is 9.36. The summed E-state index contributed by atoms with van der Waals surface area (Å²) in [5.41, 5.74) is 4.50. The normalized spacial score (nSPS) is 11.4. The lowest BCUT2D eigenvalue weighted by Crippen LogP contribution is -2.38. The summed E-state index contributed by atoms with van der Waals surface area (Å²) in [4.78, 5) is 10.8. The molecule has 2 aromatic heterocycles. The predicted molar refractivity (Wildman–Crippen MR) is 126 cm³/mol. The fourth-order valence-electron chi connectivity index (χ4n) is 3.23. The molecule has 3 aromatic rings. The van der Waals surface area contributed by atoms with Gasteiger partial charge in [-0.05, 0) is 17.5 Å². The second kappa shape index (κ2) is 10.4. The van der Waals surface area contributed by atoms with Crippen molar-refractivity contribution >= 4 is 29.9 Å². The van der Waals surface area contributed by atoms with Gasteiger partial charge in [0.2, 0.25) is 0 Å². The molecule has 0 aliphatic heterocycles. The number of aromatic amines is 1. The monoisotopic (exact) mass is 508 g/mol. The van der Waals surface area contributed by atoms with E-state index in [0.717, 1.165) is 35.1 Å². The van der Waals surface area contributed by atoms with E-state index in [9.17, 15) is 0 Å². The molecule has 156 valence electrons. The van der Waals surface area contributed by atoms with Gasteiger partial charge >= 0.3 is 0 Å². The highest BCUT2D eigenvalue weighted by Crippen LogP contribution is 2.19. The number of halogens is 1. The quantitative estimate of drug-likeness (QED) is 0.304. The van der Waals surface area contributed by atoms with E-state index >= 15 is 0 Å². The van der Waals surface area contributed by atoms with Gasteiger partial charge in [-0.2, -0.15) is 10.2 Å².